The minimum absolute atomic E-state index is 0.174. The number of hydrogen-bond donors (Lipinski definition) is 1. The Morgan fingerprint density at radius 1 is 1.22 bits per heavy atom. The lowest BCUT2D eigenvalue weighted by molar-refractivity contribution is -0.110. The average Bonchev–Trinajstić information content (AvgIpc) is 2.87. The average molecular weight is 310 g/mol. The molecule has 0 bridgehead atoms. The zero-order chi connectivity index (χ0) is 16.4. The molecule has 0 spiro atoms. The number of nitrogens with one attached hydrogen (secondary N) is 1. The molecule has 2 aromatic rings. The summed E-state index contributed by atoms with van der Waals surface area (Å²) in [7, 11) is 2.04. The van der Waals surface area contributed by atoms with Gasteiger partial charge in [0.2, 0.25) is 0 Å². The van der Waals surface area contributed by atoms with Gasteiger partial charge in [-0.3, -0.25) is 4.79 Å². The number of halogens is 1. The van der Waals surface area contributed by atoms with Gasteiger partial charge in [0.05, 0.1) is 0 Å². The van der Waals surface area contributed by atoms with Crippen molar-refractivity contribution in [2.45, 2.75) is 13.3 Å². The summed E-state index contributed by atoms with van der Waals surface area (Å²) in [5, 5.41) is 2.78. The van der Waals surface area contributed by atoms with E-state index in [4.69, 9.17) is 0 Å². The number of carbonyl (C=O) groups is 1. The second kappa shape index (κ2) is 6.24. The van der Waals surface area contributed by atoms with Crippen molar-refractivity contribution in [2.75, 3.05) is 23.8 Å². The minimum Gasteiger partial charge on any atom is -0.375 e. The summed E-state index contributed by atoms with van der Waals surface area (Å²) in [6.45, 7) is 3.00. The zero-order valence-corrected chi connectivity index (χ0v) is 13.3. The number of anilines is 2. The summed E-state index contributed by atoms with van der Waals surface area (Å²) in [4.78, 5) is 14.3. The SMILES string of the molecule is CCN(C)c1ccccc1C/C=C1\C(=O)Nc2ccc(F)cc21. The molecule has 118 valence electrons. The Bertz CT molecular complexity index is 783. The van der Waals surface area contributed by atoms with Crippen LogP contribution in [0.15, 0.2) is 48.5 Å². The van der Waals surface area contributed by atoms with Crippen molar-refractivity contribution in [3.63, 3.8) is 0 Å². The fourth-order valence-electron chi connectivity index (χ4n) is 2.80. The third-order valence-corrected chi connectivity index (χ3v) is 4.17. The van der Waals surface area contributed by atoms with Gasteiger partial charge in [-0.15, -0.1) is 0 Å². The predicted molar refractivity (Wildman–Crippen MR) is 92.1 cm³/mol. The van der Waals surface area contributed by atoms with Crippen LogP contribution in [-0.2, 0) is 11.2 Å². The molecule has 1 heterocycles. The molecule has 3 rings (SSSR count). The van der Waals surface area contributed by atoms with E-state index in [-0.39, 0.29) is 11.7 Å². The molecule has 0 atom stereocenters. The Hall–Kier alpha value is -2.62. The van der Waals surface area contributed by atoms with Gasteiger partial charge < -0.3 is 10.2 Å². The summed E-state index contributed by atoms with van der Waals surface area (Å²) in [6, 6.07) is 12.5. The Labute approximate surface area is 135 Å². The maximum atomic E-state index is 13.5. The number of amides is 1. The highest BCUT2D eigenvalue weighted by atomic mass is 19.1. The first-order chi connectivity index (χ1) is 11.1. The molecule has 1 aliphatic heterocycles. The van der Waals surface area contributed by atoms with Crippen LogP contribution >= 0.6 is 0 Å². The first-order valence-electron chi connectivity index (χ1n) is 7.70. The molecule has 0 radical (unpaired) electrons. The highest BCUT2D eigenvalue weighted by molar-refractivity contribution is 6.31. The zero-order valence-electron chi connectivity index (χ0n) is 13.3. The van der Waals surface area contributed by atoms with Gasteiger partial charge in [0.25, 0.3) is 5.91 Å². The number of hydrogen-bond acceptors (Lipinski definition) is 2. The second-order valence-corrected chi connectivity index (χ2v) is 5.61. The van der Waals surface area contributed by atoms with E-state index in [9.17, 15) is 9.18 Å². The van der Waals surface area contributed by atoms with Crippen LogP contribution in [0, 0.1) is 5.82 Å². The minimum atomic E-state index is -0.336. The van der Waals surface area contributed by atoms with Gasteiger partial charge in [0.1, 0.15) is 5.82 Å². The molecule has 0 aromatic heterocycles. The van der Waals surface area contributed by atoms with Gasteiger partial charge in [-0.2, -0.15) is 0 Å². The third-order valence-electron chi connectivity index (χ3n) is 4.17. The van der Waals surface area contributed by atoms with E-state index < -0.39 is 0 Å². The highest BCUT2D eigenvalue weighted by Crippen LogP contribution is 2.33. The van der Waals surface area contributed by atoms with Crippen molar-refractivity contribution in [3.05, 3.63) is 65.5 Å². The van der Waals surface area contributed by atoms with Crippen LogP contribution in [0.4, 0.5) is 15.8 Å². The topological polar surface area (TPSA) is 32.3 Å². The predicted octanol–water partition coefficient (Wildman–Crippen LogP) is 3.86. The molecular weight excluding hydrogens is 291 g/mol. The number of nitrogens with zero attached hydrogens (tertiary/aromatic N) is 1. The van der Waals surface area contributed by atoms with E-state index in [2.05, 4.69) is 29.3 Å². The fraction of sp³-hybridized carbons (Fsp3) is 0.211. The van der Waals surface area contributed by atoms with Gasteiger partial charge >= 0.3 is 0 Å². The summed E-state index contributed by atoms with van der Waals surface area (Å²) in [6.07, 6.45) is 2.50. The van der Waals surface area contributed by atoms with Crippen LogP contribution in [0.2, 0.25) is 0 Å². The summed E-state index contributed by atoms with van der Waals surface area (Å²) < 4.78 is 13.5. The van der Waals surface area contributed by atoms with Crippen LogP contribution in [0.25, 0.3) is 5.57 Å². The number of para-hydroxylation sites is 1. The number of carbonyl (C=O) groups excluding carboxylic acids is 1. The van der Waals surface area contributed by atoms with Crippen molar-refractivity contribution >= 4 is 22.9 Å². The molecule has 0 fully saturated rings. The van der Waals surface area contributed by atoms with E-state index in [1.165, 1.54) is 12.1 Å². The quantitative estimate of drug-likeness (QED) is 0.870. The molecule has 23 heavy (non-hydrogen) atoms. The monoisotopic (exact) mass is 310 g/mol. The maximum absolute atomic E-state index is 13.5. The Morgan fingerprint density at radius 2 is 2.00 bits per heavy atom. The van der Waals surface area contributed by atoms with E-state index in [1.54, 1.807) is 6.07 Å². The Kier molecular flexibility index (Phi) is 4.15. The van der Waals surface area contributed by atoms with Gasteiger partial charge in [0, 0.05) is 36.1 Å². The van der Waals surface area contributed by atoms with Gasteiger partial charge in [-0.1, -0.05) is 24.3 Å². The van der Waals surface area contributed by atoms with Crippen molar-refractivity contribution in [1.82, 2.24) is 0 Å². The van der Waals surface area contributed by atoms with Crippen LogP contribution in [-0.4, -0.2) is 19.5 Å². The summed E-state index contributed by atoms with van der Waals surface area (Å²) in [5.74, 6) is -0.510. The number of allylic oxidation sites excluding steroid dienone is 1. The molecule has 2 aromatic carbocycles. The second-order valence-electron chi connectivity index (χ2n) is 5.61. The van der Waals surface area contributed by atoms with Gasteiger partial charge in [-0.05, 0) is 43.2 Å². The lowest BCUT2D eigenvalue weighted by atomic mass is 10.0. The van der Waals surface area contributed by atoms with E-state index >= 15 is 0 Å². The van der Waals surface area contributed by atoms with Crippen LogP contribution in [0.5, 0.6) is 0 Å². The molecule has 0 unspecified atom stereocenters. The van der Waals surface area contributed by atoms with Crippen molar-refractivity contribution in [2.24, 2.45) is 0 Å². The molecule has 3 nitrogen and oxygen atoms in total. The van der Waals surface area contributed by atoms with Crippen LogP contribution in [0.1, 0.15) is 18.1 Å². The van der Waals surface area contributed by atoms with Gasteiger partial charge in [-0.25, -0.2) is 4.39 Å². The number of rotatable bonds is 4. The standard InChI is InChI=1S/C19H19FN2O/c1-3-22(2)18-7-5-4-6-13(18)8-10-15-16-12-14(20)9-11-17(16)21-19(15)23/h4-7,9-12H,3,8H2,1-2H3,(H,21,23)/b15-10-. The molecule has 4 heteroatoms. The molecule has 1 aliphatic rings. The lowest BCUT2D eigenvalue weighted by Gasteiger charge is -2.20. The largest absolute Gasteiger partial charge is 0.375 e. The smallest absolute Gasteiger partial charge is 0.256 e. The summed E-state index contributed by atoms with van der Waals surface area (Å²) in [5.41, 5.74) is 4.12. The Morgan fingerprint density at radius 3 is 2.78 bits per heavy atom. The first kappa shape index (κ1) is 15.3. The molecule has 1 amide bonds. The van der Waals surface area contributed by atoms with Crippen molar-refractivity contribution < 1.29 is 9.18 Å². The van der Waals surface area contributed by atoms with E-state index in [0.717, 1.165) is 17.8 Å². The van der Waals surface area contributed by atoms with E-state index in [1.807, 2.05) is 25.3 Å². The van der Waals surface area contributed by atoms with Crippen molar-refractivity contribution in [3.8, 4) is 0 Å². The molecule has 0 saturated carbocycles. The van der Waals surface area contributed by atoms with E-state index in [0.29, 0.717) is 23.2 Å². The number of benzene rings is 2. The molecular formula is C19H19FN2O. The highest BCUT2D eigenvalue weighted by Gasteiger charge is 2.24. The molecule has 0 saturated heterocycles. The van der Waals surface area contributed by atoms with Gasteiger partial charge in [0.15, 0.2) is 0 Å². The van der Waals surface area contributed by atoms with Crippen LogP contribution in [0.3, 0.4) is 0 Å². The molecule has 1 N–H and O–H groups in total. The fourth-order valence-corrected chi connectivity index (χ4v) is 2.80. The third kappa shape index (κ3) is 2.97. The summed E-state index contributed by atoms with van der Waals surface area (Å²) >= 11 is 0. The Balaban J connectivity index is 1.93. The number of fused-ring (bicyclic) bond motifs is 1. The first-order valence-corrected chi connectivity index (χ1v) is 7.70. The normalized spacial score (nSPS) is 14.7. The van der Waals surface area contributed by atoms with Crippen LogP contribution < -0.4 is 10.2 Å². The lowest BCUT2D eigenvalue weighted by Crippen LogP contribution is -2.17. The van der Waals surface area contributed by atoms with Crippen molar-refractivity contribution in [1.29, 1.82) is 0 Å². The molecule has 0 aliphatic carbocycles. The maximum Gasteiger partial charge on any atom is 0.256 e.